The van der Waals surface area contributed by atoms with Crippen molar-refractivity contribution < 1.29 is 8.78 Å². The molecule has 1 saturated carbocycles. The van der Waals surface area contributed by atoms with Crippen LogP contribution in [0.2, 0.25) is 0 Å². The predicted molar refractivity (Wildman–Crippen MR) is 79.8 cm³/mol. The van der Waals surface area contributed by atoms with Crippen molar-refractivity contribution in [1.29, 1.82) is 0 Å². The standard InChI is InChI=1S/C18H19F2N/c1-12(15-3-2-4-17(20)11-15)21-18(13-5-6-13)14-7-9-16(19)10-8-14/h2-4,7-13,18,21H,5-6H2,1H3/t12-,18?/m0/s1. The van der Waals surface area contributed by atoms with Crippen LogP contribution >= 0.6 is 0 Å². The smallest absolute Gasteiger partial charge is 0.123 e. The molecule has 0 saturated heterocycles. The second-order valence-corrected chi connectivity index (χ2v) is 5.81. The van der Waals surface area contributed by atoms with E-state index in [0.717, 1.165) is 11.1 Å². The molecule has 3 heteroatoms. The Labute approximate surface area is 124 Å². The van der Waals surface area contributed by atoms with Crippen LogP contribution in [0, 0.1) is 17.6 Å². The summed E-state index contributed by atoms with van der Waals surface area (Å²) in [6, 6.07) is 13.6. The second kappa shape index (κ2) is 5.94. The first-order chi connectivity index (χ1) is 10.1. The molecule has 0 aliphatic heterocycles. The molecule has 1 N–H and O–H groups in total. The molecule has 0 spiro atoms. The van der Waals surface area contributed by atoms with E-state index >= 15 is 0 Å². The third-order valence-corrected chi connectivity index (χ3v) is 4.10. The van der Waals surface area contributed by atoms with Crippen LogP contribution in [0.1, 0.15) is 43.0 Å². The minimum Gasteiger partial charge on any atom is -0.303 e. The highest BCUT2D eigenvalue weighted by atomic mass is 19.1. The Morgan fingerprint density at radius 3 is 2.29 bits per heavy atom. The van der Waals surface area contributed by atoms with Gasteiger partial charge in [0.2, 0.25) is 0 Å². The molecule has 0 bridgehead atoms. The topological polar surface area (TPSA) is 12.0 Å². The highest BCUT2D eigenvalue weighted by Crippen LogP contribution is 2.42. The number of hydrogen-bond acceptors (Lipinski definition) is 1. The third kappa shape index (κ3) is 3.48. The van der Waals surface area contributed by atoms with Crippen LogP contribution in [-0.2, 0) is 0 Å². The summed E-state index contributed by atoms with van der Waals surface area (Å²) in [5.41, 5.74) is 2.03. The average Bonchev–Trinajstić information content (AvgIpc) is 3.30. The summed E-state index contributed by atoms with van der Waals surface area (Å²) < 4.78 is 26.4. The van der Waals surface area contributed by atoms with Crippen LogP contribution in [0.5, 0.6) is 0 Å². The van der Waals surface area contributed by atoms with Crippen molar-refractivity contribution >= 4 is 0 Å². The number of hydrogen-bond donors (Lipinski definition) is 1. The largest absolute Gasteiger partial charge is 0.303 e. The zero-order chi connectivity index (χ0) is 14.8. The number of nitrogens with one attached hydrogen (secondary N) is 1. The van der Waals surface area contributed by atoms with E-state index in [0.29, 0.717) is 5.92 Å². The zero-order valence-electron chi connectivity index (χ0n) is 12.0. The summed E-state index contributed by atoms with van der Waals surface area (Å²) in [6.07, 6.45) is 2.37. The van der Waals surface area contributed by atoms with Gasteiger partial charge < -0.3 is 5.32 Å². The van der Waals surface area contributed by atoms with Crippen LogP contribution < -0.4 is 5.32 Å². The molecule has 1 unspecified atom stereocenters. The summed E-state index contributed by atoms with van der Waals surface area (Å²) in [4.78, 5) is 0. The summed E-state index contributed by atoms with van der Waals surface area (Å²) in [5.74, 6) is 0.156. The third-order valence-electron chi connectivity index (χ3n) is 4.10. The summed E-state index contributed by atoms with van der Waals surface area (Å²) >= 11 is 0. The molecule has 2 atom stereocenters. The van der Waals surface area contributed by atoms with Crippen molar-refractivity contribution in [3.8, 4) is 0 Å². The molecular weight excluding hydrogens is 268 g/mol. The van der Waals surface area contributed by atoms with Gasteiger partial charge in [-0.25, -0.2) is 8.78 Å². The Morgan fingerprint density at radius 1 is 0.952 bits per heavy atom. The molecule has 21 heavy (non-hydrogen) atoms. The Kier molecular flexibility index (Phi) is 4.02. The number of rotatable bonds is 5. The fourth-order valence-electron chi connectivity index (χ4n) is 2.75. The molecular formula is C18H19F2N. The molecule has 0 aromatic heterocycles. The molecule has 1 nitrogen and oxygen atoms in total. The monoisotopic (exact) mass is 287 g/mol. The van der Waals surface area contributed by atoms with Crippen molar-refractivity contribution in [2.45, 2.75) is 31.8 Å². The van der Waals surface area contributed by atoms with Gasteiger partial charge in [-0.1, -0.05) is 24.3 Å². The molecule has 1 aliphatic carbocycles. The van der Waals surface area contributed by atoms with Crippen LogP contribution in [0.15, 0.2) is 48.5 Å². The molecule has 3 rings (SSSR count). The van der Waals surface area contributed by atoms with E-state index in [9.17, 15) is 8.78 Å². The van der Waals surface area contributed by atoms with E-state index in [2.05, 4.69) is 5.32 Å². The molecule has 1 aliphatic rings. The number of benzene rings is 2. The average molecular weight is 287 g/mol. The summed E-state index contributed by atoms with van der Waals surface area (Å²) in [7, 11) is 0. The minimum atomic E-state index is -0.217. The molecule has 0 amide bonds. The Balaban J connectivity index is 1.77. The Hall–Kier alpha value is -1.74. The maximum absolute atomic E-state index is 13.3. The van der Waals surface area contributed by atoms with Gasteiger partial charge in [-0.2, -0.15) is 0 Å². The first kappa shape index (κ1) is 14.2. The van der Waals surface area contributed by atoms with Gasteiger partial charge in [-0.3, -0.25) is 0 Å². The van der Waals surface area contributed by atoms with Crippen LogP contribution in [-0.4, -0.2) is 0 Å². The lowest BCUT2D eigenvalue weighted by atomic mass is 9.99. The van der Waals surface area contributed by atoms with Crippen molar-refractivity contribution in [1.82, 2.24) is 5.32 Å². The fourth-order valence-corrected chi connectivity index (χ4v) is 2.75. The first-order valence-electron chi connectivity index (χ1n) is 7.40. The lowest BCUT2D eigenvalue weighted by molar-refractivity contribution is 0.426. The van der Waals surface area contributed by atoms with E-state index < -0.39 is 0 Å². The lowest BCUT2D eigenvalue weighted by Crippen LogP contribution is -2.26. The zero-order valence-corrected chi connectivity index (χ0v) is 12.0. The molecule has 2 aromatic carbocycles. The van der Waals surface area contributed by atoms with E-state index in [-0.39, 0.29) is 23.7 Å². The van der Waals surface area contributed by atoms with E-state index in [4.69, 9.17) is 0 Å². The highest BCUT2D eigenvalue weighted by Gasteiger charge is 2.33. The van der Waals surface area contributed by atoms with Gasteiger partial charge in [-0.15, -0.1) is 0 Å². The van der Waals surface area contributed by atoms with Crippen molar-refractivity contribution in [2.24, 2.45) is 5.92 Å². The molecule has 0 heterocycles. The van der Waals surface area contributed by atoms with Crippen molar-refractivity contribution in [3.63, 3.8) is 0 Å². The fraction of sp³-hybridized carbons (Fsp3) is 0.333. The predicted octanol–water partition coefficient (Wildman–Crippen LogP) is 4.77. The van der Waals surface area contributed by atoms with Gasteiger partial charge in [0, 0.05) is 12.1 Å². The van der Waals surface area contributed by atoms with Gasteiger partial charge >= 0.3 is 0 Å². The Morgan fingerprint density at radius 2 is 1.67 bits per heavy atom. The number of halogens is 2. The van der Waals surface area contributed by atoms with Crippen LogP contribution in [0.25, 0.3) is 0 Å². The SMILES string of the molecule is C[C@H](NC(c1ccc(F)cc1)C1CC1)c1cccc(F)c1. The highest BCUT2D eigenvalue weighted by molar-refractivity contribution is 5.24. The first-order valence-corrected chi connectivity index (χ1v) is 7.40. The van der Waals surface area contributed by atoms with Crippen LogP contribution in [0.3, 0.4) is 0 Å². The van der Waals surface area contributed by atoms with Gasteiger partial charge in [-0.05, 0) is 61.1 Å². The quantitative estimate of drug-likeness (QED) is 0.835. The second-order valence-electron chi connectivity index (χ2n) is 5.81. The van der Waals surface area contributed by atoms with Gasteiger partial charge in [0.15, 0.2) is 0 Å². The molecule has 1 fully saturated rings. The van der Waals surface area contributed by atoms with Gasteiger partial charge in [0.05, 0.1) is 0 Å². The summed E-state index contributed by atoms with van der Waals surface area (Å²) in [5, 5.41) is 3.57. The minimum absolute atomic E-state index is 0.0522. The molecule has 2 aromatic rings. The van der Waals surface area contributed by atoms with Gasteiger partial charge in [0.25, 0.3) is 0 Å². The molecule has 0 radical (unpaired) electrons. The molecule has 110 valence electrons. The van der Waals surface area contributed by atoms with E-state index in [1.165, 1.54) is 31.0 Å². The van der Waals surface area contributed by atoms with E-state index in [1.54, 1.807) is 12.1 Å². The maximum Gasteiger partial charge on any atom is 0.123 e. The summed E-state index contributed by atoms with van der Waals surface area (Å²) in [6.45, 7) is 2.04. The van der Waals surface area contributed by atoms with Crippen molar-refractivity contribution in [2.75, 3.05) is 0 Å². The maximum atomic E-state index is 13.3. The van der Waals surface area contributed by atoms with E-state index in [1.807, 2.05) is 25.1 Å². The van der Waals surface area contributed by atoms with Gasteiger partial charge in [0.1, 0.15) is 11.6 Å². The normalized spacial score (nSPS) is 17.5. The van der Waals surface area contributed by atoms with Crippen molar-refractivity contribution in [3.05, 3.63) is 71.3 Å². The Bertz CT molecular complexity index is 605. The van der Waals surface area contributed by atoms with Crippen LogP contribution in [0.4, 0.5) is 8.78 Å². The lowest BCUT2D eigenvalue weighted by Gasteiger charge is -2.24.